The fourth-order valence-electron chi connectivity index (χ4n) is 1.34. The lowest BCUT2D eigenvalue weighted by molar-refractivity contribution is 0.0882. The molecule has 0 amide bonds. The number of hydrogen-bond donors (Lipinski definition) is 0. The average Bonchev–Trinajstić information content (AvgIpc) is 2.26. The van der Waals surface area contributed by atoms with Gasteiger partial charge in [0.2, 0.25) is 0 Å². The number of benzene rings is 1. The zero-order valence-electron chi connectivity index (χ0n) is 9.72. The third-order valence-corrected chi connectivity index (χ3v) is 5.08. The molecular formula is C12H19BrOSi. The molecule has 0 aliphatic rings. The second-order valence-corrected chi connectivity index (χ2v) is 6.39. The van der Waals surface area contributed by atoms with Crippen LogP contribution in [0.25, 0.3) is 0 Å². The van der Waals surface area contributed by atoms with Crippen molar-refractivity contribution in [1.29, 1.82) is 0 Å². The highest BCUT2D eigenvalue weighted by molar-refractivity contribution is 9.10. The summed E-state index contributed by atoms with van der Waals surface area (Å²) in [5, 5.41) is 1.36. The van der Waals surface area contributed by atoms with Crippen LogP contribution in [0.3, 0.4) is 0 Å². The zero-order chi connectivity index (χ0) is 11.3. The van der Waals surface area contributed by atoms with Gasteiger partial charge in [0.15, 0.2) is 9.76 Å². The van der Waals surface area contributed by atoms with Crippen LogP contribution in [-0.2, 0) is 4.43 Å². The molecule has 84 valence electrons. The molecule has 0 unspecified atom stereocenters. The van der Waals surface area contributed by atoms with E-state index in [1.54, 1.807) is 0 Å². The van der Waals surface area contributed by atoms with E-state index in [-0.39, 0.29) is 5.60 Å². The molecule has 3 heteroatoms. The maximum absolute atomic E-state index is 6.09. The van der Waals surface area contributed by atoms with Gasteiger partial charge in [-0.1, -0.05) is 41.9 Å². The predicted octanol–water partition coefficient (Wildman–Crippen LogP) is 2.75. The summed E-state index contributed by atoms with van der Waals surface area (Å²) in [7, 11) is -0.589. The third kappa shape index (κ3) is 4.09. The fraction of sp³-hybridized carbons (Fsp3) is 0.500. The van der Waals surface area contributed by atoms with Crippen LogP contribution in [0.15, 0.2) is 28.7 Å². The zero-order valence-corrected chi connectivity index (χ0v) is 12.7. The second kappa shape index (κ2) is 5.82. The summed E-state index contributed by atoms with van der Waals surface area (Å²) in [5.74, 6) is 0. The Kier molecular flexibility index (Phi) is 5.03. The molecular weight excluding hydrogens is 268 g/mol. The molecule has 0 fully saturated rings. The van der Waals surface area contributed by atoms with Gasteiger partial charge in [-0.05, 0) is 37.1 Å². The minimum Gasteiger partial charge on any atom is -0.413 e. The maximum atomic E-state index is 6.09. The van der Waals surface area contributed by atoms with Crippen molar-refractivity contribution >= 4 is 30.9 Å². The molecule has 0 bridgehead atoms. The summed E-state index contributed by atoms with van der Waals surface area (Å²) in [4.78, 5) is 0. The first-order valence-corrected chi connectivity index (χ1v) is 7.56. The summed E-state index contributed by atoms with van der Waals surface area (Å²) in [6.45, 7) is 6.59. The van der Waals surface area contributed by atoms with Crippen LogP contribution < -0.4 is 5.19 Å². The minimum absolute atomic E-state index is 0.0779. The van der Waals surface area contributed by atoms with Gasteiger partial charge >= 0.3 is 0 Å². The molecule has 1 aromatic carbocycles. The molecule has 0 aliphatic carbocycles. The molecule has 0 heterocycles. The van der Waals surface area contributed by atoms with Crippen LogP contribution in [0.4, 0.5) is 0 Å². The molecule has 0 N–H and O–H groups in total. The first-order valence-electron chi connectivity index (χ1n) is 5.48. The molecule has 0 saturated carbocycles. The average molecular weight is 287 g/mol. The molecule has 1 nitrogen and oxygen atoms in total. The van der Waals surface area contributed by atoms with E-state index in [9.17, 15) is 0 Å². The molecule has 0 atom stereocenters. The van der Waals surface area contributed by atoms with Crippen molar-refractivity contribution in [2.75, 3.05) is 0 Å². The number of halogens is 1. The van der Waals surface area contributed by atoms with Gasteiger partial charge in [0.25, 0.3) is 0 Å². The Morgan fingerprint density at radius 1 is 1.33 bits per heavy atom. The Morgan fingerprint density at radius 2 is 2.00 bits per heavy atom. The molecule has 0 radical (unpaired) electrons. The summed E-state index contributed by atoms with van der Waals surface area (Å²) in [6.07, 6.45) is 2.18. The van der Waals surface area contributed by atoms with Crippen molar-refractivity contribution in [3.05, 3.63) is 28.7 Å². The smallest absolute Gasteiger partial charge is 0.193 e. The second-order valence-electron chi connectivity index (χ2n) is 4.08. The highest BCUT2D eigenvalue weighted by Gasteiger charge is 2.19. The monoisotopic (exact) mass is 286 g/mol. The highest BCUT2D eigenvalue weighted by Crippen LogP contribution is 2.18. The Balaban J connectivity index is 2.56. The summed E-state index contributed by atoms with van der Waals surface area (Å²) in [5.41, 5.74) is 0.0779. The molecule has 1 rings (SSSR count). The lowest BCUT2D eigenvalue weighted by Crippen LogP contribution is -2.33. The first-order chi connectivity index (χ1) is 7.09. The van der Waals surface area contributed by atoms with Crippen molar-refractivity contribution in [2.24, 2.45) is 0 Å². The van der Waals surface area contributed by atoms with Gasteiger partial charge in [0, 0.05) is 4.47 Å². The van der Waals surface area contributed by atoms with Crippen LogP contribution in [0.1, 0.15) is 33.6 Å². The van der Waals surface area contributed by atoms with Crippen molar-refractivity contribution in [3.8, 4) is 0 Å². The highest BCUT2D eigenvalue weighted by atomic mass is 79.9. The maximum Gasteiger partial charge on any atom is 0.193 e. The SMILES string of the molecule is CCC(C)(CC)O[SiH2]c1cccc(Br)c1. The Morgan fingerprint density at radius 3 is 2.53 bits per heavy atom. The molecule has 0 saturated heterocycles. The minimum atomic E-state index is -0.589. The van der Waals surface area contributed by atoms with E-state index in [4.69, 9.17) is 4.43 Å². The van der Waals surface area contributed by atoms with Crippen molar-refractivity contribution in [1.82, 2.24) is 0 Å². The number of rotatable bonds is 5. The van der Waals surface area contributed by atoms with E-state index in [0.717, 1.165) is 17.3 Å². The van der Waals surface area contributed by atoms with Gasteiger partial charge in [-0.3, -0.25) is 0 Å². The van der Waals surface area contributed by atoms with Crippen LogP contribution in [0.2, 0.25) is 0 Å². The van der Waals surface area contributed by atoms with Crippen molar-refractivity contribution in [3.63, 3.8) is 0 Å². The largest absolute Gasteiger partial charge is 0.413 e. The molecule has 1 aromatic rings. The van der Waals surface area contributed by atoms with Gasteiger partial charge in [0.1, 0.15) is 0 Å². The summed E-state index contributed by atoms with van der Waals surface area (Å²) >= 11 is 3.48. The molecule has 0 aliphatic heterocycles. The van der Waals surface area contributed by atoms with E-state index in [2.05, 4.69) is 61.0 Å². The van der Waals surface area contributed by atoms with Gasteiger partial charge in [-0.25, -0.2) is 0 Å². The van der Waals surface area contributed by atoms with Crippen LogP contribution in [-0.4, -0.2) is 15.4 Å². The van der Waals surface area contributed by atoms with E-state index in [0.29, 0.717) is 0 Å². The van der Waals surface area contributed by atoms with Gasteiger partial charge in [-0.15, -0.1) is 0 Å². The summed E-state index contributed by atoms with van der Waals surface area (Å²) in [6, 6.07) is 8.45. The topological polar surface area (TPSA) is 9.23 Å². The Labute approximate surface area is 103 Å². The fourth-order valence-corrected chi connectivity index (χ4v) is 3.54. The quantitative estimate of drug-likeness (QED) is 0.757. The van der Waals surface area contributed by atoms with E-state index >= 15 is 0 Å². The molecule has 15 heavy (non-hydrogen) atoms. The standard InChI is InChI=1S/C12H19BrOSi/c1-4-12(3,5-2)14-15-11-8-6-7-10(13)9-11/h6-9H,4-5,15H2,1-3H3. The normalized spacial score (nSPS) is 12.5. The van der Waals surface area contributed by atoms with Gasteiger partial charge < -0.3 is 4.43 Å². The van der Waals surface area contributed by atoms with E-state index < -0.39 is 9.76 Å². The van der Waals surface area contributed by atoms with E-state index in [1.165, 1.54) is 5.19 Å². The summed E-state index contributed by atoms with van der Waals surface area (Å²) < 4.78 is 7.23. The van der Waals surface area contributed by atoms with Crippen LogP contribution in [0.5, 0.6) is 0 Å². The number of hydrogen-bond acceptors (Lipinski definition) is 1. The van der Waals surface area contributed by atoms with E-state index in [1.807, 2.05) is 0 Å². The third-order valence-electron chi connectivity index (χ3n) is 2.97. The van der Waals surface area contributed by atoms with Gasteiger partial charge in [0.05, 0.1) is 5.60 Å². The molecule has 0 spiro atoms. The van der Waals surface area contributed by atoms with Gasteiger partial charge in [-0.2, -0.15) is 0 Å². The first kappa shape index (κ1) is 12.9. The van der Waals surface area contributed by atoms with Crippen LogP contribution >= 0.6 is 15.9 Å². The van der Waals surface area contributed by atoms with Crippen LogP contribution in [0, 0.1) is 0 Å². The van der Waals surface area contributed by atoms with Crippen molar-refractivity contribution < 1.29 is 4.43 Å². The van der Waals surface area contributed by atoms with Crippen molar-refractivity contribution in [2.45, 2.75) is 39.2 Å². The predicted molar refractivity (Wildman–Crippen MR) is 72.4 cm³/mol. The lowest BCUT2D eigenvalue weighted by atomic mass is 10.0. The lowest BCUT2D eigenvalue weighted by Gasteiger charge is -2.27. The Hall–Kier alpha value is -0.123. The molecule has 0 aromatic heterocycles. The Bertz CT molecular complexity index is 310.